The molecule has 0 amide bonds. The minimum Gasteiger partial charge on any atom is -0.383 e. The maximum Gasteiger partial charge on any atom is 0.191 e. The lowest BCUT2D eigenvalue weighted by molar-refractivity contribution is 0.131. The van der Waals surface area contributed by atoms with E-state index < -0.39 is 0 Å². The molecule has 1 aliphatic carbocycles. The molecular formula is C16H31IN6O. The van der Waals surface area contributed by atoms with Gasteiger partial charge >= 0.3 is 0 Å². The zero-order valence-corrected chi connectivity index (χ0v) is 17.6. The SMILES string of the molecule is CCC1(CNC(=NCc2nnc(C)n2C)NCCOC)CCC1.I. The normalized spacial score (nSPS) is 16.2. The number of hydrogen-bond donors (Lipinski definition) is 2. The van der Waals surface area contributed by atoms with Gasteiger partial charge in [0, 0.05) is 27.2 Å². The standard InChI is InChI=1S/C16H30N6O.HI/c1-5-16(7-6-8-16)12-19-15(17-9-10-23-4)18-11-14-21-20-13(2)22(14)3;/h5-12H2,1-4H3,(H2,17,18,19);1H. The van der Waals surface area contributed by atoms with E-state index in [0.29, 0.717) is 18.6 Å². The first-order chi connectivity index (χ1) is 11.1. The number of halogens is 1. The second-order valence-corrected chi connectivity index (χ2v) is 6.37. The largest absolute Gasteiger partial charge is 0.383 e. The van der Waals surface area contributed by atoms with Crippen molar-refractivity contribution in [1.82, 2.24) is 25.4 Å². The Labute approximate surface area is 162 Å². The molecule has 2 rings (SSSR count). The summed E-state index contributed by atoms with van der Waals surface area (Å²) in [5.41, 5.74) is 0.449. The summed E-state index contributed by atoms with van der Waals surface area (Å²) in [6.45, 7) is 7.09. The molecule has 0 aliphatic heterocycles. The molecule has 24 heavy (non-hydrogen) atoms. The van der Waals surface area contributed by atoms with E-state index >= 15 is 0 Å². The van der Waals surface area contributed by atoms with Gasteiger partial charge in [-0.25, -0.2) is 4.99 Å². The number of aromatic nitrogens is 3. The predicted octanol–water partition coefficient (Wildman–Crippen LogP) is 2.00. The van der Waals surface area contributed by atoms with Gasteiger partial charge in [0.2, 0.25) is 0 Å². The third-order valence-electron chi connectivity index (χ3n) is 4.96. The molecule has 0 saturated heterocycles. The van der Waals surface area contributed by atoms with E-state index in [0.717, 1.165) is 30.7 Å². The van der Waals surface area contributed by atoms with Crippen LogP contribution in [0.4, 0.5) is 0 Å². The van der Waals surface area contributed by atoms with E-state index in [-0.39, 0.29) is 24.0 Å². The van der Waals surface area contributed by atoms with E-state index in [1.54, 1.807) is 7.11 Å². The molecule has 0 aromatic carbocycles. The highest BCUT2D eigenvalue weighted by atomic mass is 127. The summed E-state index contributed by atoms with van der Waals surface area (Å²) in [5, 5.41) is 15.0. The number of aryl methyl sites for hydroxylation is 1. The molecule has 138 valence electrons. The third kappa shape index (κ3) is 5.58. The highest BCUT2D eigenvalue weighted by Gasteiger charge is 2.34. The molecule has 1 fully saturated rings. The Morgan fingerprint density at radius 2 is 2.08 bits per heavy atom. The van der Waals surface area contributed by atoms with Crippen molar-refractivity contribution in [2.45, 2.75) is 46.1 Å². The minimum atomic E-state index is 0. The van der Waals surface area contributed by atoms with Gasteiger partial charge in [-0.3, -0.25) is 0 Å². The van der Waals surface area contributed by atoms with Gasteiger partial charge < -0.3 is 19.9 Å². The fraction of sp³-hybridized carbons (Fsp3) is 0.812. The van der Waals surface area contributed by atoms with Crippen molar-refractivity contribution in [1.29, 1.82) is 0 Å². The smallest absolute Gasteiger partial charge is 0.191 e. The number of nitrogens with one attached hydrogen (secondary N) is 2. The Morgan fingerprint density at radius 3 is 2.58 bits per heavy atom. The Balaban J connectivity index is 0.00000288. The molecule has 1 aromatic heterocycles. The maximum absolute atomic E-state index is 5.10. The van der Waals surface area contributed by atoms with Crippen molar-refractivity contribution in [3.8, 4) is 0 Å². The Hall–Kier alpha value is -0.900. The molecule has 0 bridgehead atoms. The number of rotatable bonds is 8. The van der Waals surface area contributed by atoms with Crippen LogP contribution >= 0.6 is 24.0 Å². The lowest BCUT2D eigenvalue weighted by atomic mass is 9.67. The molecular weight excluding hydrogens is 419 g/mol. The van der Waals surface area contributed by atoms with Crippen molar-refractivity contribution >= 4 is 29.9 Å². The monoisotopic (exact) mass is 450 g/mol. The summed E-state index contributed by atoms with van der Waals surface area (Å²) in [7, 11) is 3.67. The van der Waals surface area contributed by atoms with Crippen LogP contribution in [0, 0.1) is 12.3 Å². The molecule has 2 N–H and O–H groups in total. The molecule has 1 saturated carbocycles. The fourth-order valence-corrected chi connectivity index (χ4v) is 2.79. The van der Waals surface area contributed by atoms with Crippen molar-refractivity contribution in [2.75, 3.05) is 26.8 Å². The van der Waals surface area contributed by atoms with Crippen LogP contribution in [0.2, 0.25) is 0 Å². The van der Waals surface area contributed by atoms with E-state index in [4.69, 9.17) is 4.74 Å². The van der Waals surface area contributed by atoms with Crippen molar-refractivity contribution in [3.63, 3.8) is 0 Å². The highest BCUT2D eigenvalue weighted by molar-refractivity contribution is 14.0. The Bertz CT molecular complexity index is 521. The van der Waals surface area contributed by atoms with Gasteiger partial charge in [0.25, 0.3) is 0 Å². The Morgan fingerprint density at radius 1 is 1.33 bits per heavy atom. The Kier molecular flexibility index (Phi) is 8.96. The first kappa shape index (κ1) is 21.1. The van der Waals surface area contributed by atoms with Crippen LogP contribution in [-0.4, -0.2) is 47.5 Å². The lowest BCUT2D eigenvalue weighted by Crippen LogP contribution is -2.46. The van der Waals surface area contributed by atoms with Gasteiger partial charge in [-0.2, -0.15) is 0 Å². The summed E-state index contributed by atoms with van der Waals surface area (Å²) in [4.78, 5) is 4.65. The van der Waals surface area contributed by atoms with E-state index in [2.05, 4.69) is 32.7 Å². The van der Waals surface area contributed by atoms with Crippen LogP contribution in [0.1, 0.15) is 44.3 Å². The molecule has 1 aromatic rings. The predicted molar refractivity (Wildman–Crippen MR) is 107 cm³/mol. The van der Waals surface area contributed by atoms with Crippen LogP contribution in [0.25, 0.3) is 0 Å². The molecule has 1 heterocycles. The second kappa shape index (κ2) is 10.2. The van der Waals surface area contributed by atoms with Gasteiger partial charge in [0.05, 0.1) is 6.61 Å². The van der Waals surface area contributed by atoms with Gasteiger partial charge in [-0.15, -0.1) is 34.2 Å². The molecule has 7 nitrogen and oxygen atoms in total. The van der Waals surface area contributed by atoms with Crippen LogP contribution in [0.5, 0.6) is 0 Å². The molecule has 1 aliphatic rings. The number of guanidine groups is 1. The molecule has 0 spiro atoms. The van der Waals surface area contributed by atoms with Crippen LogP contribution in [0.3, 0.4) is 0 Å². The number of ether oxygens (including phenoxy) is 1. The molecule has 0 radical (unpaired) electrons. The van der Waals surface area contributed by atoms with Gasteiger partial charge in [-0.05, 0) is 31.6 Å². The van der Waals surface area contributed by atoms with Crippen LogP contribution in [0.15, 0.2) is 4.99 Å². The average Bonchev–Trinajstić information content (AvgIpc) is 2.83. The highest BCUT2D eigenvalue weighted by Crippen LogP contribution is 2.42. The summed E-state index contributed by atoms with van der Waals surface area (Å²) < 4.78 is 7.07. The van der Waals surface area contributed by atoms with Crippen molar-refractivity contribution < 1.29 is 4.74 Å². The summed E-state index contributed by atoms with van der Waals surface area (Å²) in [6.07, 6.45) is 5.18. The molecule has 8 heteroatoms. The van der Waals surface area contributed by atoms with Crippen molar-refractivity contribution in [3.05, 3.63) is 11.6 Å². The third-order valence-corrected chi connectivity index (χ3v) is 4.96. The van der Waals surface area contributed by atoms with E-state index in [9.17, 15) is 0 Å². The van der Waals surface area contributed by atoms with Gasteiger partial charge in [0.15, 0.2) is 11.8 Å². The lowest BCUT2D eigenvalue weighted by Gasteiger charge is -2.41. The van der Waals surface area contributed by atoms with E-state index in [1.165, 1.54) is 25.7 Å². The van der Waals surface area contributed by atoms with Gasteiger partial charge in [-0.1, -0.05) is 13.3 Å². The number of hydrogen-bond acceptors (Lipinski definition) is 4. The quantitative estimate of drug-likeness (QED) is 0.274. The van der Waals surface area contributed by atoms with E-state index in [1.807, 2.05) is 18.5 Å². The maximum atomic E-state index is 5.10. The minimum absolute atomic E-state index is 0. The number of methoxy groups -OCH3 is 1. The molecule has 0 atom stereocenters. The summed E-state index contributed by atoms with van der Waals surface area (Å²) in [6, 6.07) is 0. The first-order valence-electron chi connectivity index (χ1n) is 8.46. The fourth-order valence-electron chi connectivity index (χ4n) is 2.79. The number of nitrogens with zero attached hydrogens (tertiary/aromatic N) is 4. The number of aliphatic imine (C=N–C) groups is 1. The zero-order valence-electron chi connectivity index (χ0n) is 15.3. The van der Waals surface area contributed by atoms with Crippen molar-refractivity contribution in [2.24, 2.45) is 17.5 Å². The summed E-state index contributed by atoms with van der Waals surface area (Å²) >= 11 is 0. The summed E-state index contributed by atoms with van der Waals surface area (Å²) in [5.74, 6) is 2.59. The first-order valence-corrected chi connectivity index (χ1v) is 8.46. The van der Waals surface area contributed by atoms with Crippen LogP contribution < -0.4 is 10.6 Å². The average molecular weight is 450 g/mol. The topological polar surface area (TPSA) is 76.4 Å². The van der Waals surface area contributed by atoms with Crippen LogP contribution in [-0.2, 0) is 18.3 Å². The zero-order chi connectivity index (χ0) is 16.7. The second-order valence-electron chi connectivity index (χ2n) is 6.37. The van der Waals surface area contributed by atoms with Gasteiger partial charge in [0.1, 0.15) is 12.4 Å². The molecule has 0 unspecified atom stereocenters.